The first kappa shape index (κ1) is 20.1. The number of nitrogens with zero attached hydrogens (tertiary/aromatic N) is 2. The van der Waals surface area contributed by atoms with Crippen LogP contribution in [0.2, 0.25) is 0 Å². The molecule has 0 bridgehead atoms. The van der Waals surface area contributed by atoms with E-state index in [2.05, 4.69) is 29.4 Å². The zero-order valence-corrected chi connectivity index (χ0v) is 16.9. The summed E-state index contributed by atoms with van der Waals surface area (Å²) in [5.41, 5.74) is 1.13. The van der Waals surface area contributed by atoms with E-state index in [1.807, 2.05) is 12.1 Å². The number of halogens is 1. The number of likely N-dealkylation sites (tertiary alicyclic amines) is 1. The normalized spacial score (nSPS) is 20.5. The Morgan fingerprint density at radius 2 is 2.00 bits per heavy atom. The summed E-state index contributed by atoms with van der Waals surface area (Å²) < 4.78 is 13.6. The second-order valence-electron chi connectivity index (χ2n) is 8.08. The van der Waals surface area contributed by atoms with Gasteiger partial charge < -0.3 is 15.5 Å². The maximum Gasteiger partial charge on any atom is 0.191 e. The second kappa shape index (κ2) is 9.54. The molecular formula is C22H35FN4. The molecule has 1 heterocycles. The van der Waals surface area contributed by atoms with Crippen LogP contribution in [0.15, 0.2) is 29.3 Å². The molecule has 0 aromatic heterocycles. The summed E-state index contributed by atoms with van der Waals surface area (Å²) in [7, 11) is 0. The minimum absolute atomic E-state index is 0.0391. The molecule has 1 saturated heterocycles. The minimum atomic E-state index is -0.151. The van der Waals surface area contributed by atoms with Gasteiger partial charge in [-0.15, -0.1) is 0 Å². The Kier molecular flexibility index (Phi) is 7.11. The van der Waals surface area contributed by atoms with E-state index >= 15 is 0 Å². The first-order valence-electron chi connectivity index (χ1n) is 10.7. The number of nitrogens with one attached hydrogen (secondary N) is 2. The summed E-state index contributed by atoms with van der Waals surface area (Å²) >= 11 is 0. The molecule has 0 amide bonds. The standard InChI is InChI=1S/C22H35FN4/c1-3-24-21(25-13-8-18-9-14-27(4-2)15-10-18)26-17-22(11-12-22)19-6-5-7-20(23)16-19/h5-7,16,18H,3-4,8-15,17H2,1-2H3,(H2,24,25,26). The van der Waals surface area contributed by atoms with Gasteiger partial charge in [0.1, 0.15) is 5.82 Å². The van der Waals surface area contributed by atoms with Crippen molar-refractivity contribution in [2.75, 3.05) is 39.3 Å². The first-order valence-corrected chi connectivity index (χ1v) is 10.7. The van der Waals surface area contributed by atoms with Gasteiger partial charge in [-0.05, 0) is 82.3 Å². The Morgan fingerprint density at radius 1 is 1.22 bits per heavy atom. The maximum atomic E-state index is 13.6. The highest BCUT2D eigenvalue weighted by Crippen LogP contribution is 2.48. The minimum Gasteiger partial charge on any atom is -0.357 e. The quantitative estimate of drug-likeness (QED) is 0.540. The molecule has 5 heteroatoms. The number of rotatable bonds is 8. The molecule has 4 nitrogen and oxygen atoms in total. The predicted octanol–water partition coefficient (Wildman–Crippen LogP) is 3.53. The topological polar surface area (TPSA) is 39.7 Å². The summed E-state index contributed by atoms with van der Waals surface area (Å²) in [6.45, 7) is 10.5. The van der Waals surface area contributed by atoms with E-state index in [4.69, 9.17) is 4.99 Å². The Labute approximate surface area is 163 Å². The Bertz CT molecular complexity index is 618. The highest BCUT2D eigenvalue weighted by Gasteiger charge is 2.44. The van der Waals surface area contributed by atoms with Crippen LogP contribution in [0.4, 0.5) is 4.39 Å². The lowest BCUT2D eigenvalue weighted by atomic mass is 9.93. The van der Waals surface area contributed by atoms with Crippen LogP contribution in [0.25, 0.3) is 0 Å². The van der Waals surface area contributed by atoms with Crippen LogP contribution in [-0.4, -0.2) is 50.1 Å². The van der Waals surface area contributed by atoms with Gasteiger partial charge in [0.05, 0.1) is 6.54 Å². The smallest absolute Gasteiger partial charge is 0.191 e. The molecule has 2 N–H and O–H groups in total. The van der Waals surface area contributed by atoms with Crippen molar-refractivity contribution in [1.29, 1.82) is 0 Å². The van der Waals surface area contributed by atoms with Crippen molar-refractivity contribution in [2.45, 2.75) is 51.4 Å². The molecule has 27 heavy (non-hydrogen) atoms. The van der Waals surface area contributed by atoms with E-state index < -0.39 is 0 Å². The molecule has 150 valence electrons. The summed E-state index contributed by atoms with van der Waals surface area (Å²) in [4.78, 5) is 7.36. The van der Waals surface area contributed by atoms with Crippen LogP contribution >= 0.6 is 0 Å². The molecule has 1 aromatic rings. The Balaban J connectivity index is 1.48. The number of aliphatic imine (C=N–C) groups is 1. The largest absolute Gasteiger partial charge is 0.357 e. The fraction of sp³-hybridized carbons (Fsp3) is 0.682. The van der Waals surface area contributed by atoms with Gasteiger partial charge in [-0.1, -0.05) is 19.1 Å². The lowest BCUT2D eigenvalue weighted by Crippen LogP contribution is -2.40. The number of hydrogen-bond acceptors (Lipinski definition) is 2. The summed E-state index contributed by atoms with van der Waals surface area (Å²) in [6.07, 6.45) is 6.01. The van der Waals surface area contributed by atoms with Crippen molar-refractivity contribution in [3.8, 4) is 0 Å². The summed E-state index contributed by atoms with van der Waals surface area (Å²) in [5.74, 6) is 1.57. The van der Waals surface area contributed by atoms with Crippen molar-refractivity contribution < 1.29 is 4.39 Å². The number of guanidine groups is 1. The second-order valence-corrected chi connectivity index (χ2v) is 8.08. The molecule has 2 aliphatic rings. The molecule has 0 atom stereocenters. The molecule has 1 aliphatic carbocycles. The average Bonchev–Trinajstić information content (AvgIpc) is 3.48. The van der Waals surface area contributed by atoms with Gasteiger partial charge >= 0.3 is 0 Å². The molecule has 1 aliphatic heterocycles. The summed E-state index contributed by atoms with van der Waals surface area (Å²) in [6, 6.07) is 7.03. The Morgan fingerprint density at radius 3 is 2.63 bits per heavy atom. The highest BCUT2D eigenvalue weighted by atomic mass is 19.1. The lowest BCUT2D eigenvalue weighted by Gasteiger charge is -2.31. The fourth-order valence-corrected chi connectivity index (χ4v) is 4.07. The van der Waals surface area contributed by atoms with Crippen LogP contribution in [0.3, 0.4) is 0 Å². The molecule has 0 spiro atoms. The van der Waals surface area contributed by atoms with Crippen LogP contribution in [0.1, 0.15) is 51.5 Å². The van der Waals surface area contributed by atoms with Crippen molar-refractivity contribution in [3.05, 3.63) is 35.6 Å². The molecule has 2 fully saturated rings. The van der Waals surface area contributed by atoms with E-state index in [1.165, 1.54) is 45.0 Å². The van der Waals surface area contributed by atoms with Crippen LogP contribution in [0, 0.1) is 11.7 Å². The van der Waals surface area contributed by atoms with Crippen molar-refractivity contribution >= 4 is 5.96 Å². The van der Waals surface area contributed by atoms with E-state index in [9.17, 15) is 4.39 Å². The summed E-state index contributed by atoms with van der Waals surface area (Å²) in [5, 5.41) is 6.86. The van der Waals surface area contributed by atoms with E-state index in [0.717, 1.165) is 49.9 Å². The van der Waals surface area contributed by atoms with Crippen LogP contribution in [0.5, 0.6) is 0 Å². The van der Waals surface area contributed by atoms with Gasteiger partial charge in [0.15, 0.2) is 5.96 Å². The zero-order valence-electron chi connectivity index (χ0n) is 16.9. The molecule has 0 unspecified atom stereocenters. The molecule has 3 rings (SSSR count). The van der Waals surface area contributed by atoms with Crippen molar-refractivity contribution in [3.63, 3.8) is 0 Å². The van der Waals surface area contributed by atoms with E-state index in [0.29, 0.717) is 0 Å². The lowest BCUT2D eigenvalue weighted by molar-refractivity contribution is 0.187. The van der Waals surface area contributed by atoms with E-state index in [1.54, 1.807) is 6.07 Å². The van der Waals surface area contributed by atoms with Crippen LogP contribution in [-0.2, 0) is 5.41 Å². The number of benzene rings is 1. The fourth-order valence-electron chi connectivity index (χ4n) is 4.07. The molecule has 1 saturated carbocycles. The van der Waals surface area contributed by atoms with Gasteiger partial charge in [-0.2, -0.15) is 0 Å². The monoisotopic (exact) mass is 374 g/mol. The van der Waals surface area contributed by atoms with Gasteiger partial charge in [-0.3, -0.25) is 4.99 Å². The number of piperidine rings is 1. The van der Waals surface area contributed by atoms with Gasteiger partial charge in [-0.25, -0.2) is 4.39 Å². The highest BCUT2D eigenvalue weighted by molar-refractivity contribution is 5.79. The SMILES string of the molecule is CCNC(=NCC1(c2cccc(F)c2)CC1)NCCC1CCN(CC)CC1. The third-order valence-electron chi connectivity index (χ3n) is 6.17. The zero-order chi connectivity index (χ0) is 19.1. The number of hydrogen-bond donors (Lipinski definition) is 2. The average molecular weight is 375 g/mol. The molecule has 1 aromatic carbocycles. The maximum absolute atomic E-state index is 13.6. The van der Waals surface area contributed by atoms with Crippen molar-refractivity contribution in [2.24, 2.45) is 10.9 Å². The van der Waals surface area contributed by atoms with E-state index in [-0.39, 0.29) is 11.2 Å². The van der Waals surface area contributed by atoms with Crippen molar-refractivity contribution in [1.82, 2.24) is 15.5 Å². The van der Waals surface area contributed by atoms with Gasteiger partial charge in [0.25, 0.3) is 0 Å². The third kappa shape index (κ3) is 5.68. The third-order valence-corrected chi connectivity index (χ3v) is 6.17. The van der Waals surface area contributed by atoms with Crippen LogP contribution < -0.4 is 10.6 Å². The predicted molar refractivity (Wildman–Crippen MR) is 111 cm³/mol. The first-order chi connectivity index (χ1) is 13.1. The Hall–Kier alpha value is -1.62. The van der Waals surface area contributed by atoms with Gasteiger partial charge in [0, 0.05) is 18.5 Å². The molecule has 0 radical (unpaired) electrons. The van der Waals surface area contributed by atoms with Gasteiger partial charge in [0.2, 0.25) is 0 Å². The molecular weight excluding hydrogens is 339 g/mol.